The van der Waals surface area contributed by atoms with Gasteiger partial charge in [-0.05, 0) is 31.5 Å². The zero-order chi connectivity index (χ0) is 15.6. The summed E-state index contributed by atoms with van der Waals surface area (Å²) >= 11 is 0. The average molecular weight is 302 g/mol. The quantitative estimate of drug-likeness (QED) is 0.814. The van der Waals surface area contributed by atoms with Gasteiger partial charge in [0.25, 0.3) is 0 Å². The largest absolute Gasteiger partial charge is 0.450 e. The second kappa shape index (κ2) is 6.45. The molecular weight excluding hydrogens is 272 g/mol. The summed E-state index contributed by atoms with van der Waals surface area (Å²) in [6.07, 6.45) is 0.412. The Bertz CT molecular complexity index is 342. The van der Waals surface area contributed by atoms with E-state index in [0.717, 1.165) is 6.42 Å². The molecule has 20 heavy (non-hydrogen) atoms. The molecular formula is C14H30N2O3Si. The standard InChI is InChI=1S/C14H30N2O3Si/c1-7-18-13(17)16-9-8-11(15)12(10-16)19-20(5,6)14(2,3)4/h11-12H,7-10,15H2,1-6H3. The minimum atomic E-state index is -1.88. The van der Waals surface area contributed by atoms with Gasteiger partial charge >= 0.3 is 6.09 Å². The Balaban J connectivity index is 2.71. The Kier molecular flexibility index (Phi) is 5.63. The van der Waals surface area contributed by atoms with Gasteiger partial charge in [-0.1, -0.05) is 20.8 Å². The minimum absolute atomic E-state index is 0.00481. The SMILES string of the molecule is CCOC(=O)N1CCC(N)C(O[Si](C)(C)C(C)(C)C)C1. The molecule has 118 valence electrons. The summed E-state index contributed by atoms with van der Waals surface area (Å²) in [4.78, 5) is 13.5. The van der Waals surface area contributed by atoms with E-state index in [1.165, 1.54) is 0 Å². The maximum Gasteiger partial charge on any atom is 0.409 e. The lowest BCUT2D eigenvalue weighted by Gasteiger charge is -2.44. The van der Waals surface area contributed by atoms with E-state index in [-0.39, 0.29) is 23.3 Å². The zero-order valence-electron chi connectivity index (χ0n) is 13.7. The topological polar surface area (TPSA) is 64.8 Å². The number of carbonyl (C=O) groups excluding carboxylic acids is 1. The second-order valence-corrected chi connectivity index (χ2v) is 11.8. The first kappa shape index (κ1) is 17.5. The minimum Gasteiger partial charge on any atom is -0.450 e. The van der Waals surface area contributed by atoms with Gasteiger partial charge in [-0.2, -0.15) is 0 Å². The summed E-state index contributed by atoms with van der Waals surface area (Å²) < 4.78 is 11.4. The fourth-order valence-electron chi connectivity index (χ4n) is 2.00. The van der Waals surface area contributed by atoms with Crippen LogP contribution in [0.1, 0.15) is 34.1 Å². The number of likely N-dealkylation sites (tertiary alicyclic amines) is 1. The van der Waals surface area contributed by atoms with Gasteiger partial charge in [-0.25, -0.2) is 4.79 Å². The molecule has 0 aromatic rings. The van der Waals surface area contributed by atoms with Crippen LogP contribution in [0.15, 0.2) is 0 Å². The van der Waals surface area contributed by atoms with E-state index in [1.54, 1.807) is 4.90 Å². The molecule has 1 aliphatic heterocycles. The van der Waals surface area contributed by atoms with Gasteiger partial charge in [-0.3, -0.25) is 0 Å². The van der Waals surface area contributed by atoms with Crippen molar-refractivity contribution < 1.29 is 14.0 Å². The molecule has 2 N–H and O–H groups in total. The molecule has 0 aromatic carbocycles. The van der Waals surface area contributed by atoms with E-state index in [0.29, 0.717) is 19.7 Å². The molecule has 2 atom stereocenters. The Labute approximate surface area is 123 Å². The van der Waals surface area contributed by atoms with Gasteiger partial charge < -0.3 is 19.8 Å². The molecule has 0 bridgehead atoms. The van der Waals surface area contributed by atoms with Crippen LogP contribution in [0.2, 0.25) is 18.1 Å². The van der Waals surface area contributed by atoms with Gasteiger partial charge in [0.15, 0.2) is 8.32 Å². The summed E-state index contributed by atoms with van der Waals surface area (Å²) in [6.45, 7) is 14.4. The molecule has 1 fully saturated rings. The normalized spacial score (nSPS) is 24.6. The van der Waals surface area contributed by atoms with E-state index in [2.05, 4.69) is 33.9 Å². The van der Waals surface area contributed by atoms with Crippen LogP contribution in [0.5, 0.6) is 0 Å². The highest BCUT2D eigenvalue weighted by molar-refractivity contribution is 6.74. The lowest BCUT2D eigenvalue weighted by Crippen LogP contribution is -2.57. The molecule has 0 spiro atoms. The number of amides is 1. The van der Waals surface area contributed by atoms with Gasteiger partial charge in [0, 0.05) is 12.6 Å². The fourth-order valence-corrected chi connectivity index (χ4v) is 3.35. The van der Waals surface area contributed by atoms with Crippen molar-refractivity contribution in [1.82, 2.24) is 4.90 Å². The molecule has 1 amide bonds. The smallest absolute Gasteiger partial charge is 0.409 e. The fraction of sp³-hybridized carbons (Fsp3) is 0.929. The number of carbonyl (C=O) groups is 1. The first-order valence-corrected chi connectivity index (χ1v) is 10.3. The molecule has 6 heteroatoms. The number of nitrogens with zero attached hydrogens (tertiary/aromatic N) is 1. The van der Waals surface area contributed by atoms with Crippen LogP contribution in [0, 0.1) is 0 Å². The molecule has 1 saturated heterocycles. The highest BCUT2D eigenvalue weighted by atomic mass is 28.4. The van der Waals surface area contributed by atoms with E-state index in [1.807, 2.05) is 6.92 Å². The zero-order valence-corrected chi connectivity index (χ0v) is 14.7. The average Bonchev–Trinajstić information content (AvgIpc) is 2.30. The van der Waals surface area contributed by atoms with Crippen LogP contribution < -0.4 is 5.73 Å². The molecule has 1 aliphatic rings. The van der Waals surface area contributed by atoms with Crippen LogP contribution in [0.25, 0.3) is 0 Å². The van der Waals surface area contributed by atoms with Crippen LogP contribution in [0.3, 0.4) is 0 Å². The van der Waals surface area contributed by atoms with Crippen LogP contribution in [0.4, 0.5) is 4.79 Å². The molecule has 2 unspecified atom stereocenters. The molecule has 0 aliphatic carbocycles. The molecule has 0 aromatic heterocycles. The summed E-state index contributed by atoms with van der Waals surface area (Å²) in [5, 5.41) is 0.138. The van der Waals surface area contributed by atoms with Crippen molar-refractivity contribution >= 4 is 14.4 Å². The van der Waals surface area contributed by atoms with Crippen molar-refractivity contribution in [3.63, 3.8) is 0 Å². The number of ether oxygens (including phenoxy) is 1. The maximum absolute atomic E-state index is 11.8. The molecule has 1 heterocycles. The van der Waals surface area contributed by atoms with E-state index >= 15 is 0 Å². The Hall–Kier alpha value is -0.593. The Morgan fingerprint density at radius 3 is 2.50 bits per heavy atom. The molecule has 0 radical (unpaired) electrons. The van der Waals surface area contributed by atoms with Crippen LogP contribution in [-0.2, 0) is 9.16 Å². The van der Waals surface area contributed by atoms with Crippen LogP contribution in [-0.4, -0.2) is 51.2 Å². The van der Waals surface area contributed by atoms with E-state index in [9.17, 15) is 4.79 Å². The van der Waals surface area contributed by atoms with Gasteiger partial charge in [0.1, 0.15) is 0 Å². The molecule has 1 rings (SSSR count). The van der Waals surface area contributed by atoms with Crippen molar-refractivity contribution in [2.45, 2.75) is 64.4 Å². The Morgan fingerprint density at radius 1 is 1.40 bits per heavy atom. The summed E-state index contributed by atoms with van der Waals surface area (Å²) in [6, 6.07) is -0.00481. The van der Waals surface area contributed by atoms with Gasteiger partial charge in [-0.15, -0.1) is 0 Å². The summed E-state index contributed by atoms with van der Waals surface area (Å²) in [5.41, 5.74) is 6.18. The highest BCUT2D eigenvalue weighted by Crippen LogP contribution is 2.38. The predicted octanol–water partition coefficient (Wildman–Crippen LogP) is 2.57. The van der Waals surface area contributed by atoms with Crippen molar-refractivity contribution in [1.29, 1.82) is 0 Å². The van der Waals surface area contributed by atoms with Crippen molar-refractivity contribution in [2.75, 3.05) is 19.7 Å². The third kappa shape index (κ3) is 4.20. The second-order valence-electron chi connectivity index (χ2n) is 7.01. The lowest BCUT2D eigenvalue weighted by atomic mass is 10.0. The van der Waals surface area contributed by atoms with E-state index in [4.69, 9.17) is 14.9 Å². The van der Waals surface area contributed by atoms with Gasteiger partial charge in [0.05, 0.1) is 19.3 Å². The summed E-state index contributed by atoms with van der Waals surface area (Å²) in [7, 11) is -1.88. The number of piperidine rings is 1. The predicted molar refractivity (Wildman–Crippen MR) is 83.3 cm³/mol. The highest BCUT2D eigenvalue weighted by Gasteiger charge is 2.42. The van der Waals surface area contributed by atoms with Crippen molar-refractivity contribution in [3.8, 4) is 0 Å². The molecule has 5 nitrogen and oxygen atoms in total. The number of hydrogen-bond donors (Lipinski definition) is 1. The maximum atomic E-state index is 11.8. The molecule has 0 saturated carbocycles. The first-order chi connectivity index (χ1) is 9.08. The number of nitrogens with two attached hydrogens (primary N) is 1. The monoisotopic (exact) mass is 302 g/mol. The summed E-state index contributed by atoms with van der Waals surface area (Å²) in [5.74, 6) is 0. The number of rotatable bonds is 3. The Morgan fingerprint density at radius 2 is 2.00 bits per heavy atom. The first-order valence-electron chi connectivity index (χ1n) is 7.43. The number of hydrogen-bond acceptors (Lipinski definition) is 4. The third-order valence-electron chi connectivity index (χ3n) is 4.39. The van der Waals surface area contributed by atoms with Gasteiger partial charge in [0.2, 0.25) is 0 Å². The third-order valence-corrected chi connectivity index (χ3v) is 8.89. The lowest BCUT2D eigenvalue weighted by molar-refractivity contribution is 0.0455. The van der Waals surface area contributed by atoms with Crippen molar-refractivity contribution in [2.24, 2.45) is 5.73 Å². The van der Waals surface area contributed by atoms with Crippen LogP contribution >= 0.6 is 0 Å². The van der Waals surface area contributed by atoms with E-state index < -0.39 is 8.32 Å². The van der Waals surface area contributed by atoms with Crippen molar-refractivity contribution in [3.05, 3.63) is 0 Å².